The quantitative estimate of drug-likeness (QED) is 0.802. The Bertz CT molecular complexity index is 478. The minimum absolute atomic E-state index is 0.194. The van der Waals surface area contributed by atoms with E-state index in [1.54, 1.807) is 7.11 Å². The zero-order valence-corrected chi connectivity index (χ0v) is 12.9. The van der Waals surface area contributed by atoms with Crippen LogP contribution in [0.3, 0.4) is 0 Å². The van der Waals surface area contributed by atoms with Gasteiger partial charge in [0.2, 0.25) is 0 Å². The van der Waals surface area contributed by atoms with Crippen molar-refractivity contribution >= 4 is 0 Å². The molecule has 0 atom stereocenters. The van der Waals surface area contributed by atoms with Gasteiger partial charge in [0.25, 0.3) is 0 Å². The molecule has 1 aliphatic carbocycles. The first-order valence-electron chi connectivity index (χ1n) is 7.63. The fourth-order valence-electron chi connectivity index (χ4n) is 3.40. The minimum Gasteiger partial charge on any atom is -0.496 e. The van der Waals surface area contributed by atoms with Gasteiger partial charge in [-0.3, -0.25) is 0 Å². The second-order valence-corrected chi connectivity index (χ2v) is 6.46. The third kappa shape index (κ3) is 3.15. The van der Waals surface area contributed by atoms with E-state index < -0.39 is 0 Å². The van der Waals surface area contributed by atoms with Crippen LogP contribution >= 0.6 is 0 Å². The molecule has 1 fully saturated rings. The van der Waals surface area contributed by atoms with E-state index in [9.17, 15) is 5.26 Å². The Labute approximate surface area is 122 Å². The zero-order chi connectivity index (χ0) is 14.6. The van der Waals surface area contributed by atoms with E-state index in [0.29, 0.717) is 0 Å². The van der Waals surface area contributed by atoms with E-state index in [0.717, 1.165) is 36.8 Å². The van der Waals surface area contributed by atoms with Crippen LogP contribution < -0.4 is 4.74 Å². The second-order valence-electron chi connectivity index (χ2n) is 6.46. The summed E-state index contributed by atoms with van der Waals surface area (Å²) in [5.41, 5.74) is 0.972. The number of nitriles is 1. The summed E-state index contributed by atoms with van der Waals surface area (Å²) in [6.45, 7) is 4.59. The highest BCUT2D eigenvalue weighted by Gasteiger charge is 2.36. The number of methoxy groups -OCH3 is 1. The number of benzene rings is 1. The lowest BCUT2D eigenvalue weighted by Gasteiger charge is -2.36. The van der Waals surface area contributed by atoms with Gasteiger partial charge in [-0.05, 0) is 55.6 Å². The van der Waals surface area contributed by atoms with Crippen molar-refractivity contribution in [1.82, 2.24) is 0 Å². The van der Waals surface area contributed by atoms with Gasteiger partial charge in [0.05, 0.1) is 18.6 Å². The van der Waals surface area contributed by atoms with Crippen molar-refractivity contribution in [1.29, 1.82) is 5.26 Å². The molecule has 0 unspecified atom stereocenters. The highest BCUT2D eigenvalue weighted by Crippen LogP contribution is 2.44. The van der Waals surface area contributed by atoms with E-state index >= 15 is 0 Å². The summed E-state index contributed by atoms with van der Waals surface area (Å²) in [6.07, 6.45) is 5.22. The molecule has 0 radical (unpaired) electrons. The maximum absolute atomic E-state index is 9.70. The SMILES string of the molecule is COc1ccccc1CC1(C#N)CCC(C(C)C)CC1. The standard InChI is InChI=1S/C18H25NO/c1-14(2)15-8-10-18(13-19,11-9-15)12-16-6-4-5-7-17(16)20-3/h4-7,14-15H,8-12H2,1-3H3. The fourth-order valence-corrected chi connectivity index (χ4v) is 3.40. The molecule has 108 valence electrons. The molecule has 0 saturated heterocycles. The average Bonchev–Trinajstić information content (AvgIpc) is 2.48. The number of nitrogens with zero attached hydrogens (tertiary/aromatic N) is 1. The predicted octanol–water partition coefficient (Wildman–Crippen LogP) is 4.59. The number of hydrogen-bond acceptors (Lipinski definition) is 2. The summed E-state index contributed by atoms with van der Waals surface area (Å²) in [5, 5.41) is 9.70. The van der Waals surface area contributed by atoms with Crippen LogP contribution in [-0.4, -0.2) is 7.11 Å². The molecule has 0 N–H and O–H groups in total. The summed E-state index contributed by atoms with van der Waals surface area (Å²) in [7, 11) is 1.70. The molecule has 0 bridgehead atoms. The molecule has 20 heavy (non-hydrogen) atoms. The Morgan fingerprint density at radius 1 is 1.30 bits per heavy atom. The lowest BCUT2D eigenvalue weighted by molar-refractivity contribution is 0.174. The molecule has 0 amide bonds. The van der Waals surface area contributed by atoms with Crippen LogP contribution in [0.1, 0.15) is 45.1 Å². The largest absolute Gasteiger partial charge is 0.496 e. The molecule has 0 aromatic heterocycles. The van der Waals surface area contributed by atoms with E-state index in [1.807, 2.05) is 18.2 Å². The zero-order valence-electron chi connectivity index (χ0n) is 12.9. The predicted molar refractivity (Wildman–Crippen MR) is 81.5 cm³/mol. The van der Waals surface area contributed by atoms with Gasteiger partial charge in [0.1, 0.15) is 5.75 Å². The maximum Gasteiger partial charge on any atom is 0.122 e. The normalized spacial score (nSPS) is 26.2. The van der Waals surface area contributed by atoms with Gasteiger partial charge in [-0.25, -0.2) is 0 Å². The molecule has 0 heterocycles. The van der Waals surface area contributed by atoms with E-state index in [-0.39, 0.29) is 5.41 Å². The van der Waals surface area contributed by atoms with Crippen molar-refractivity contribution < 1.29 is 4.74 Å². The van der Waals surface area contributed by atoms with Gasteiger partial charge in [-0.15, -0.1) is 0 Å². The number of ether oxygens (including phenoxy) is 1. The molecule has 2 heteroatoms. The van der Waals surface area contributed by atoms with Gasteiger partial charge in [-0.1, -0.05) is 32.0 Å². The second kappa shape index (κ2) is 6.31. The van der Waals surface area contributed by atoms with Crippen molar-refractivity contribution in [2.45, 2.75) is 46.0 Å². The van der Waals surface area contributed by atoms with Crippen molar-refractivity contribution in [3.05, 3.63) is 29.8 Å². The molecule has 2 nitrogen and oxygen atoms in total. The van der Waals surface area contributed by atoms with Crippen LogP contribution in [0.15, 0.2) is 24.3 Å². The summed E-state index contributed by atoms with van der Waals surface area (Å²) >= 11 is 0. The molecule has 1 aromatic carbocycles. The lowest BCUT2D eigenvalue weighted by atomic mass is 9.66. The van der Waals surface area contributed by atoms with E-state index in [4.69, 9.17) is 4.74 Å². The number of hydrogen-bond donors (Lipinski definition) is 0. The lowest BCUT2D eigenvalue weighted by Crippen LogP contribution is -2.30. The van der Waals surface area contributed by atoms with Crippen molar-refractivity contribution in [3.63, 3.8) is 0 Å². The Morgan fingerprint density at radius 2 is 1.95 bits per heavy atom. The van der Waals surface area contributed by atoms with Gasteiger partial charge < -0.3 is 4.74 Å². The smallest absolute Gasteiger partial charge is 0.122 e. The number of para-hydroxylation sites is 1. The molecule has 1 aliphatic rings. The topological polar surface area (TPSA) is 33.0 Å². The third-order valence-corrected chi connectivity index (χ3v) is 4.89. The molecule has 2 rings (SSSR count). The third-order valence-electron chi connectivity index (χ3n) is 4.89. The van der Waals surface area contributed by atoms with Gasteiger partial charge in [-0.2, -0.15) is 5.26 Å². The van der Waals surface area contributed by atoms with Crippen LogP contribution in [-0.2, 0) is 6.42 Å². The van der Waals surface area contributed by atoms with Crippen LogP contribution in [0.2, 0.25) is 0 Å². The van der Waals surface area contributed by atoms with Crippen LogP contribution in [0.5, 0.6) is 5.75 Å². The first kappa shape index (κ1) is 14.9. The van der Waals surface area contributed by atoms with Crippen molar-refractivity contribution in [2.75, 3.05) is 7.11 Å². The maximum atomic E-state index is 9.70. The van der Waals surface area contributed by atoms with Gasteiger partial charge >= 0.3 is 0 Å². The monoisotopic (exact) mass is 271 g/mol. The van der Waals surface area contributed by atoms with Crippen LogP contribution in [0.4, 0.5) is 0 Å². The van der Waals surface area contributed by atoms with Crippen molar-refractivity contribution in [3.8, 4) is 11.8 Å². The first-order valence-corrected chi connectivity index (χ1v) is 7.63. The van der Waals surface area contributed by atoms with Gasteiger partial charge in [0, 0.05) is 0 Å². The number of rotatable bonds is 4. The molecular formula is C18H25NO. The highest BCUT2D eigenvalue weighted by molar-refractivity contribution is 5.35. The van der Waals surface area contributed by atoms with Crippen molar-refractivity contribution in [2.24, 2.45) is 17.3 Å². The molecule has 1 saturated carbocycles. The highest BCUT2D eigenvalue weighted by atomic mass is 16.5. The Balaban J connectivity index is 2.12. The summed E-state index contributed by atoms with van der Waals surface area (Å²) in [4.78, 5) is 0. The molecule has 0 aliphatic heterocycles. The Kier molecular flexibility index (Phi) is 4.70. The minimum atomic E-state index is -0.194. The molecule has 1 aromatic rings. The fraction of sp³-hybridized carbons (Fsp3) is 0.611. The molecular weight excluding hydrogens is 246 g/mol. The molecule has 0 spiro atoms. The van der Waals surface area contributed by atoms with Crippen LogP contribution in [0, 0.1) is 28.6 Å². The Hall–Kier alpha value is -1.49. The first-order chi connectivity index (χ1) is 9.60. The van der Waals surface area contributed by atoms with Crippen LogP contribution in [0.25, 0.3) is 0 Å². The summed E-state index contributed by atoms with van der Waals surface area (Å²) in [6, 6.07) is 10.7. The Morgan fingerprint density at radius 3 is 2.50 bits per heavy atom. The van der Waals surface area contributed by atoms with E-state index in [1.165, 1.54) is 18.4 Å². The average molecular weight is 271 g/mol. The summed E-state index contributed by atoms with van der Waals surface area (Å²) in [5.74, 6) is 2.43. The van der Waals surface area contributed by atoms with E-state index in [2.05, 4.69) is 26.0 Å². The van der Waals surface area contributed by atoms with Gasteiger partial charge in [0.15, 0.2) is 0 Å². The summed E-state index contributed by atoms with van der Waals surface area (Å²) < 4.78 is 5.43.